The smallest absolute Gasteiger partial charge is 0.254 e. The predicted octanol–water partition coefficient (Wildman–Crippen LogP) is 2.45. The van der Waals surface area contributed by atoms with Crippen LogP contribution in [-0.2, 0) is 6.54 Å². The topological polar surface area (TPSA) is 68.7 Å². The molecule has 2 N–H and O–H groups in total. The molecule has 0 radical (unpaired) electrons. The van der Waals surface area contributed by atoms with Gasteiger partial charge < -0.3 is 19.8 Å². The molecule has 1 heterocycles. The number of methoxy groups -OCH3 is 1. The highest BCUT2D eigenvalue weighted by atomic mass is 16.5. The van der Waals surface area contributed by atoms with E-state index in [1.54, 1.807) is 37.3 Å². The van der Waals surface area contributed by atoms with Gasteiger partial charge in [-0.3, -0.25) is 4.79 Å². The molecule has 1 aromatic heterocycles. The van der Waals surface area contributed by atoms with Crippen LogP contribution in [0.1, 0.15) is 21.9 Å². The molecule has 0 spiro atoms. The third-order valence-electron chi connectivity index (χ3n) is 2.95. The molecule has 0 atom stereocenters. The van der Waals surface area contributed by atoms with Crippen molar-refractivity contribution in [3.63, 3.8) is 0 Å². The summed E-state index contributed by atoms with van der Waals surface area (Å²) in [6.45, 7) is 2.28. The first-order valence-corrected chi connectivity index (χ1v) is 6.25. The van der Waals surface area contributed by atoms with E-state index in [1.165, 1.54) is 0 Å². The fourth-order valence-corrected chi connectivity index (χ4v) is 1.96. The van der Waals surface area contributed by atoms with Gasteiger partial charge in [0.25, 0.3) is 5.91 Å². The first-order chi connectivity index (χ1) is 9.49. The molecule has 0 aliphatic rings. The second kappa shape index (κ2) is 5.69. The third-order valence-corrected chi connectivity index (χ3v) is 2.95. The van der Waals surface area contributed by atoms with E-state index in [9.17, 15) is 4.79 Å². The number of ether oxygens (including phenoxy) is 1. The van der Waals surface area contributed by atoms with Crippen molar-refractivity contribution >= 4 is 11.6 Å². The summed E-state index contributed by atoms with van der Waals surface area (Å²) in [5.41, 5.74) is 6.75. The number of anilines is 1. The molecule has 5 heteroatoms. The highest BCUT2D eigenvalue weighted by molar-refractivity contribution is 5.95. The number of carbonyl (C=O) groups is 1. The van der Waals surface area contributed by atoms with E-state index in [0.29, 0.717) is 23.5 Å². The van der Waals surface area contributed by atoms with E-state index < -0.39 is 0 Å². The van der Waals surface area contributed by atoms with Gasteiger partial charge in [0.05, 0.1) is 13.7 Å². The molecule has 1 aromatic carbocycles. The molecule has 0 aliphatic carbocycles. The monoisotopic (exact) mass is 274 g/mol. The molecular weight excluding hydrogens is 256 g/mol. The number of benzene rings is 1. The molecule has 0 aliphatic heterocycles. The van der Waals surface area contributed by atoms with Crippen molar-refractivity contribution < 1.29 is 13.9 Å². The number of aryl methyl sites for hydroxylation is 1. The molecule has 0 saturated heterocycles. The number of amides is 1. The number of hydrogen-bond acceptors (Lipinski definition) is 4. The Bertz CT molecular complexity index is 619. The molecule has 2 aromatic rings. The van der Waals surface area contributed by atoms with Crippen LogP contribution >= 0.6 is 0 Å². The molecule has 20 heavy (non-hydrogen) atoms. The summed E-state index contributed by atoms with van der Waals surface area (Å²) < 4.78 is 10.6. The number of rotatable bonds is 4. The highest BCUT2D eigenvalue weighted by Crippen LogP contribution is 2.20. The zero-order valence-corrected chi connectivity index (χ0v) is 11.8. The van der Waals surface area contributed by atoms with Crippen molar-refractivity contribution in [3.8, 4) is 5.75 Å². The Kier molecular flexibility index (Phi) is 3.98. The van der Waals surface area contributed by atoms with Crippen LogP contribution in [0, 0.1) is 6.92 Å². The van der Waals surface area contributed by atoms with Crippen molar-refractivity contribution in [1.82, 2.24) is 4.90 Å². The summed E-state index contributed by atoms with van der Waals surface area (Å²) in [6, 6.07) is 8.71. The second-order valence-electron chi connectivity index (χ2n) is 4.67. The summed E-state index contributed by atoms with van der Waals surface area (Å²) in [5, 5.41) is 0. The summed E-state index contributed by atoms with van der Waals surface area (Å²) in [4.78, 5) is 13.9. The maximum Gasteiger partial charge on any atom is 0.254 e. The van der Waals surface area contributed by atoms with Gasteiger partial charge in [-0.15, -0.1) is 0 Å². The van der Waals surface area contributed by atoms with E-state index in [0.717, 1.165) is 11.5 Å². The fraction of sp³-hybridized carbons (Fsp3) is 0.267. The standard InChI is InChI=1S/C15H18N2O3/c1-10-4-5-13(20-10)9-17(2)15(18)11-6-12(16)8-14(7-11)19-3/h4-8H,9,16H2,1-3H3. The lowest BCUT2D eigenvalue weighted by molar-refractivity contribution is 0.0774. The SMILES string of the molecule is COc1cc(N)cc(C(=O)N(C)Cc2ccc(C)o2)c1. The lowest BCUT2D eigenvalue weighted by Crippen LogP contribution is -2.26. The lowest BCUT2D eigenvalue weighted by atomic mass is 10.1. The Morgan fingerprint density at radius 1 is 1.35 bits per heavy atom. The average molecular weight is 274 g/mol. The van der Waals surface area contributed by atoms with Gasteiger partial charge in [-0.1, -0.05) is 0 Å². The van der Waals surface area contributed by atoms with Crippen molar-refractivity contribution in [1.29, 1.82) is 0 Å². The maximum absolute atomic E-state index is 12.3. The average Bonchev–Trinajstić information content (AvgIpc) is 2.82. The Morgan fingerprint density at radius 3 is 2.70 bits per heavy atom. The number of nitrogen functional groups attached to an aromatic ring is 1. The minimum absolute atomic E-state index is 0.135. The van der Waals surface area contributed by atoms with Crippen LogP contribution in [0.25, 0.3) is 0 Å². The Labute approximate surface area is 117 Å². The Hall–Kier alpha value is -2.43. The van der Waals surface area contributed by atoms with Gasteiger partial charge in [-0.25, -0.2) is 0 Å². The second-order valence-corrected chi connectivity index (χ2v) is 4.67. The zero-order chi connectivity index (χ0) is 14.7. The minimum Gasteiger partial charge on any atom is -0.497 e. The number of nitrogens with zero attached hydrogens (tertiary/aromatic N) is 1. The first kappa shape index (κ1) is 14.0. The van der Waals surface area contributed by atoms with Gasteiger partial charge in [-0.05, 0) is 31.2 Å². The molecular formula is C15H18N2O3. The van der Waals surface area contributed by atoms with E-state index >= 15 is 0 Å². The van der Waals surface area contributed by atoms with E-state index in [2.05, 4.69) is 0 Å². The van der Waals surface area contributed by atoms with Gasteiger partial charge >= 0.3 is 0 Å². The van der Waals surface area contributed by atoms with Crippen LogP contribution < -0.4 is 10.5 Å². The predicted molar refractivity (Wildman–Crippen MR) is 76.6 cm³/mol. The van der Waals surface area contributed by atoms with Crippen LogP contribution in [0.5, 0.6) is 5.75 Å². The maximum atomic E-state index is 12.3. The Balaban J connectivity index is 2.15. The molecule has 2 rings (SSSR count). The number of nitrogens with two attached hydrogens (primary N) is 1. The summed E-state index contributed by atoms with van der Waals surface area (Å²) >= 11 is 0. The largest absolute Gasteiger partial charge is 0.497 e. The molecule has 0 saturated carbocycles. The van der Waals surface area contributed by atoms with Gasteiger partial charge in [0, 0.05) is 24.4 Å². The normalized spacial score (nSPS) is 10.3. The molecule has 5 nitrogen and oxygen atoms in total. The first-order valence-electron chi connectivity index (χ1n) is 6.25. The van der Waals surface area contributed by atoms with E-state index in [1.807, 2.05) is 19.1 Å². The van der Waals surface area contributed by atoms with E-state index in [4.69, 9.17) is 14.9 Å². The summed E-state index contributed by atoms with van der Waals surface area (Å²) in [5.74, 6) is 2.00. The van der Waals surface area contributed by atoms with Gasteiger partial charge in [0.15, 0.2) is 0 Å². The van der Waals surface area contributed by atoms with Crippen molar-refractivity contribution in [3.05, 3.63) is 47.4 Å². The molecule has 0 unspecified atom stereocenters. The van der Waals surface area contributed by atoms with Crippen molar-refractivity contribution in [2.24, 2.45) is 0 Å². The molecule has 1 amide bonds. The van der Waals surface area contributed by atoms with E-state index in [-0.39, 0.29) is 5.91 Å². The molecule has 106 valence electrons. The third kappa shape index (κ3) is 3.12. The summed E-state index contributed by atoms with van der Waals surface area (Å²) in [6.07, 6.45) is 0. The van der Waals surface area contributed by atoms with Gasteiger partial charge in [-0.2, -0.15) is 0 Å². The van der Waals surface area contributed by atoms with Crippen LogP contribution in [0.15, 0.2) is 34.7 Å². The van der Waals surface area contributed by atoms with Gasteiger partial charge in [0.2, 0.25) is 0 Å². The van der Waals surface area contributed by atoms with Crippen LogP contribution in [0.3, 0.4) is 0 Å². The fourth-order valence-electron chi connectivity index (χ4n) is 1.96. The molecule has 0 bridgehead atoms. The van der Waals surface area contributed by atoms with Crippen LogP contribution in [0.2, 0.25) is 0 Å². The quantitative estimate of drug-likeness (QED) is 0.869. The minimum atomic E-state index is -0.135. The molecule has 0 fully saturated rings. The lowest BCUT2D eigenvalue weighted by Gasteiger charge is -2.16. The number of furan rings is 1. The number of hydrogen-bond donors (Lipinski definition) is 1. The van der Waals surface area contributed by atoms with Crippen LogP contribution in [0.4, 0.5) is 5.69 Å². The zero-order valence-electron chi connectivity index (χ0n) is 11.8. The summed E-state index contributed by atoms with van der Waals surface area (Å²) in [7, 11) is 3.26. The van der Waals surface area contributed by atoms with Crippen molar-refractivity contribution in [2.75, 3.05) is 19.9 Å². The van der Waals surface area contributed by atoms with Crippen molar-refractivity contribution in [2.45, 2.75) is 13.5 Å². The Morgan fingerprint density at radius 2 is 2.10 bits per heavy atom. The highest BCUT2D eigenvalue weighted by Gasteiger charge is 2.15. The van der Waals surface area contributed by atoms with Crippen LogP contribution in [-0.4, -0.2) is 25.0 Å². The number of carbonyl (C=O) groups excluding carboxylic acids is 1. The van der Waals surface area contributed by atoms with Gasteiger partial charge in [0.1, 0.15) is 17.3 Å².